The van der Waals surface area contributed by atoms with Gasteiger partial charge in [-0.3, -0.25) is 9.59 Å². The summed E-state index contributed by atoms with van der Waals surface area (Å²) in [4.78, 5) is 73.2. The van der Waals surface area contributed by atoms with E-state index >= 15 is 0 Å². The van der Waals surface area contributed by atoms with E-state index in [9.17, 15) is 19.2 Å². The Morgan fingerprint density at radius 3 is 1.80 bits per heavy atom. The van der Waals surface area contributed by atoms with Gasteiger partial charge in [-0.05, 0) is 92.6 Å². The molecule has 0 spiro atoms. The Morgan fingerprint density at radius 1 is 0.721 bits per heavy atom. The Bertz CT molecular complexity index is 2010. The molecule has 3 saturated heterocycles. The van der Waals surface area contributed by atoms with E-state index in [2.05, 4.69) is 44.9 Å². The van der Waals surface area contributed by atoms with Crippen molar-refractivity contribution < 1.29 is 33.4 Å². The van der Waals surface area contributed by atoms with Crippen molar-refractivity contribution in [3.63, 3.8) is 0 Å². The minimum Gasteiger partial charge on any atom is -0.453 e. The third-order valence-corrected chi connectivity index (χ3v) is 14.6. The van der Waals surface area contributed by atoms with Gasteiger partial charge in [0, 0.05) is 43.2 Å². The number of nitrogens with zero attached hydrogens (tertiary/aromatic N) is 4. The van der Waals surface area contributed by atoms with E-state index < -0.39 is 24.3 Å². The fourth-order valence-electron chi connectivity index (χ4n) is 10.8. The van der Waals surface area contributed by atoms with Crippen LogP contribution in [0.25, 0.3) is 11.3 Å². The molecule has 0 radical (unpaired) electrons. The molecule has 61 heavy (non-hydrogen) atoms. The average molecular weight is 841 g/mol. The number of H-pyrrole nitrogens is 2. The summed E-state index contributed by atoms with van der Waals surface area (Å²) in [5, 5.41) is 5.61. The predicted molar refractivity (Wildman–Crippen MR) is 227 cm³/mol. The fourth-order valence-corrected chi connectivity index (χ4v) is 10.8. The second-order valence-electron chi connectivity index (χ2n) is 18.8. The zero-order valence-corrected chi connectivity index (χ0v) is 36.5. The molecule has 4 N–H and O–H groups in total. The third-order valence-electron chi connectivity index (χ3n) is 14.6. The van der Waals surface area contributed by atoms with Crippen LogP contribution < -0.4 is 10.6 Å². The van der Waals surface area contributed by atoms with E-state index in [1.54, 1.807) is 0 Å². The first-order chi connectivity index (χ1) is 29.4. The lowest BCUT2D eigenvalue weighted by molar-refractivity contribution is -0.136. The maximum Gasteiger partial charge on any atom is 0.408 e. The van der Waals surface area contributed by atoms with Gasteiger partial charge in [0.05, 0.1) is 44.3 Å². The Kier molecular flexibility index (Phi) is 12.5. The molecule has 0 unspecified atom stereocenters. The van der Waals surface area contributed by atoms with E-state index in [-0.39, 0.29) is 52.7 Å². The number of fused-ring (bicyclic) bond motifs is 3. The standard InChI is InChI=1S/C46H64N8O7/c1-28(2)37(51-43(57)59-5)41(55)53-22-6-8-34(53)39-47-26-33(49-39)30-10-12-31(13-11-30)45-16-19-46(20-17-45,21-18-45)36-27-48-40(50-36)35-9-7-23-54(35)42(56)38(29(3)4)52-44(58)61-32-14-24-60-25-15-32/h10-13,26-29,32,34-35,37-38H,6-9,14-25H2,1-5H3,(H,47,49)(H,48,50)(H,51,57)(H,52,58)/t34-,35-,37-,38+,45?,46?/m0/s1. The third kappa shape index (κ3) is 8.63. The second-order valence-corrected chi connectivity index (χ2v) is 18.8. The molecular formula is C46H64N8O7. The Morgan fingerprint density at radius 2 is 1.25 bits per heavy atom. The van der Waals surface area contributed by atoms with Crippen molar-refractivity contribution in [3.05, 3.63) is 59.6 Å². The maximum atomic E-state index is 14.0. The number of aromatic nitrogens is 4. The van der Waals surface area contributed by atoms with Gasteiger partial charge in [-0.15, -0.1) is 0 Å². The van der Waals surface area contributed by atoms with Gasteiger partial charge in [-0.1, -0.05) is 52.0 Å². The number of likely N-dealkylation sites (tertiary alicyclic amines) is 2. The van der Waals surface area contributed by atoms with Crippen LogP contribution in [-0.4, -0.2) is 105 Å². The summed E-state index contributed by atoms with van der Waals surface area (Å²) >= 11 is 0. The molecule has 5 heterocycles. The van der Waals surface area contributed by atoms with Gasteiger partial charge in [0.1, 0.15) is 29.8 Å². The molecule has 15 nitrogen and oxygen atoms in total. The highest BCUT2D eigenvalue weighted by Gasteiger charge is 2.51. The van der Waals surface area contributed by atoms with Crippen LogP contribution in [0.4, 0.5) is 9.59 Å². The fraction of sp³-hybridized carbons (Fsp3) is 0.652. The topological polar surface area (TPSA) is 184 Å². The van der Waals surface area contributed by atoms with Gasteiger partial charge in [0.2, 0.25) is 11.8 Å². The number of amides is 4. The molecule has 9 rings (SSSR count). The Labute approximate surface area is 358 Å². The molecule has 330 valence electrons. The quantitative estimate of drug-likeness (QED) is 0.149. The molecule has 4 amide bonds. The van der Waals surface area contributed by atoms with Crippen molar-refractivity contribution in [1.29, 1.82) is 0 Å². The summed E-state index contributed by atoms with van der Waals surface area (Å²) < 4.78 is 15.8. The molecule has 3 saturated carbocycles. The molecule has 3 aliphatic carbocycles. The lowest BCUT2D eigenvalue weighted by atomic mass is 9.51. The molecular weight excluding hydrogens is 777 g/mol. The zero-order chi connectivity index (χ0) is 42.9. The summed E-state index contributed by atoms with van der Waals surface area (Å²) in [6.07, 6.45) is 13.8. The number of benzene rings is 1. The molecule has 2 bridgehead atoms. The number of nitrogens with one attached hydrogen (secondary N) is 4. The first kappa shape index (κ1) is 42.8. The van der Waals surface area contributed by atoms with Crippen molar-refractivity contribution >= 4 is 24.0 Å². The number of carbonyl (C=O) groups excluding carboxylic acids is 4. The van der Waals surface area contributed by atoms with Crippen LogP contribution in [0.15, 0.2) is 36.7 Å². The first-order valence-electron chi connectivity index (χ1n) is 22.6. The number of carbonyl (C=O) groups is 4. The second kappa shape index (κ2) is 17.8. The molecule has 2 aromatic heterocycles. The van der Waals surface area contributed by atoms with Crippen molar-refractivity contribution in [3.8, 4) is 11.3 Å². The molecule has 6 aliphatic rings. The van der Waals surface area contributed by atoms with E-state index in [4.69, 9.17) is 24.2 Å². The number of aromatic amines is 2. The molecule has 3 aliphatic heterocycles. The first-order valence-corrected chi connectivity index (χ1v) is 22.6. The van der Waals surface area contributed by atoms with Crippen molar-refractivity contribution in [2.75, 3.05) is 33.4 Å². The molecule has 15 heteroatoms. The normalized spacial score (nSPS) is 26.4. The summed E-state index contributed by atoms with van der Waals surface area (Å²) in [5.41, 5.74) is 4.71. The Balaban J connectivity index is 0.888. The highest BCUT2D eigenvalue weighted by molar-refractivity contribution is 5.87. The highest BCUT2D eigenvalue weighted by Crippen LogP contribution is 2.58. The number of methoxy groups -OCH3 is 1. The van der Waals surface area contributed by atoms with Gasteiger partial charge in [0.25, 0.3) is 0 Å². The van der Waals surface area contributed by atoms with Crippen LogP contribution >= 0.6 is 0 Å². The van der Waals surface area contributed by atoms with Crippen LogP contribution in [0.2, 0.25) is 0 Å². The lowest BCUT2D eigenvalue weighted by Crippen LogP contribution is -2.51. The minimum atomic E-state index is -0.682. The van der Waals surface area contributed by atoms with Crippen molar-refractivity contribution in [2.24, 2.45) is 11.8 Å². The van der Waals surface area contributed by atoms with E-state index in [0.29, 0.717) is 39.1 Å². The number of rotatable bonds is 12. The van der Waals surface area contributed by atoms with Crippen molar-refractivity contribution in [2.45, 2.75) is 146 Å². The number of hydrogen-bond acceptors (Lipinski definition) is 9. The monoisotopic (exact) mass is 840 g/mol. The van der Waals surface area contributed by atoms with Crippen LogP contribution in [0.3, 0.4) is 0 Å². The molecule has 3 aromatic rings. The SMILES string of the molecule is COC(=O)N[C@H](C(=O)N1CCC[C@H]1c1ncc(-c2ccc(C34CCC(c5cnc([C@@H]6CCCN6C(=O)[C@H](NC(=O)OC6CCOCC6)C(C)C)[nH]5)(CC3)CC4)cc2)[nH]1)C(C)C. The predicted octanol–water partition coefficient (Wildman–Crippen LogP) is 6.98. The smallest absolute Gasteiger partial charge is 0.408 e. The summed E-state index contributed by atoms with van der Waals surface area (Å²) in [6, 6.07) is 7.25. The number of imidazole rings is 2. The summed E-state index contributed by atoms with van der Waals surface area (Å²) in [5.74, 6) is 1.19. The van der Waals surface area contributed by atoms with Gasteiger partial charge in [-0.25, -0.2) is 19.6 Å². The van der Waals surface area contributed by atoms with Crippen molar-refractivity contribution in [1.82, 2.24) is 40.4 Å². The van der Waals surface area contributed by atoms with Crippen LogP contribution in [-0.2, 0) is 34.6 Å². The summed E-state index contributed by atoms with van der Waals surface area (Å²) in [6.45, 7) is 10.1. The largest absolute Gasteiger partial charge is 0.453 e. The molecule has 6 fully saturated rings. The Hall–Kier alpha value is -4.92. The van der Waals surface area contributed by atoms with E-state index in [1.165, 1.54) is 18.4 Å². The number of alkyl carbamates (subject to hydrolysis) is 2. The van der Waals surface area contributed by atoms with Gasteiger partial charge in [0.15, 0.2) is 0 Å². The summed E-state index contributed by atoms with van der Waals surface area (Å²) in [7, 11) is 1.30. The lowest BCUT2D eigenvalue weighted by Gasteiger charge is -2.53. The van der Waals surface area contributed by atoms with Gasteiger partial charge in [-0.2, -0.15) is 0 Å². The molecule has 4 atom stereocenters. The number of ether oxygens (including phenoxy) is 3. The number of hydrogen-bond donors (Lipinski definition) is 4. The highest BCUT2D eigenvalue weighted by atomic mass is 16.6. The van der Waals surface area contributed by atoms with Gasteiger partial charge < -0.3 is 44.6 Å². The molecule has 1 aromatic carbocycles. The van der Waals surface area contributed by atoms with E-state index in [0.717, 1.165) is 87.1 Å². The average Bonchev–Trinajstić information content (AvgIpc) is 4.12. The zero-order valence-electron chi connectivity index (χ0n) is 36.5. The van der Waals surface area contributed by atoms with E-state index in [1.807, 2.05) is 49.9 Å². The van der Waals surface area contributed by atoms with Crippen LogP contribution in [0.5, 0.6) is 0 Å². The van der Waals surface area contributed by atoms with Gasteiger partial charge >= 0.3 is 12.2 Å². The van der Waals surface area contributed by atoms with Crippen LogP contribution in [0, 0.1) is 11.8 Å². The van der Waals surface area contributed by atoms with Crippen LogP contribution in [0.1, 0.15) is 140 Å². The minimum absolute atomic E-state index is 0.0444. The maximum absolute atomic E-state index is 14.0.